The molecule has 1 N–H and O–H groups in total. The van der Waals surface area contributed by atoms with Crippen LogP contribution in [0.4, 0.5) is 8.78 Å². The third-order valence-electron chi connectivity index (χ3n) is 3.95. The molecule has 0 aliphatic carbocycles. The molecule has 0 amide bonds. The van der Waals surface area contributed by atoms with Crippen molar-refractivity contribution in [3.8, 4) is 5.75 Å². The van der Waals surface area contributed by atoms with E-state index in [1.54, 1.807) is 6.92 Å². The van der Waals surface area contributed by atoms with Gasteiger partial charge in [-0.05, 0) is 30.6 Å². The highest BCUT2D eigenvalue weighted by molar-refractivity contribution is 6.74. The number of aliphatic hydroxyl groups excluding tert-OH is 1. The molecule has 0 saturated carbocycles. The molecule has 0 aliphatic heterocycles. The fourth-order valence-corrected chi connectivity index (χ4v) is 2.55. The van der Waals surface area contributed by atoms with Crippen molar-refractivity contribution in [3.05, 3.63) is 29.3 Å². The van der Waals surface area contributed by atoms with Gasteiger partial charge in [0.05, 0.1) is 6.10 Å². The summed E-state index contributed by atoms with van der Waals surface area (Å²) < 4.78 is 33.8. The SMILES string of the molecule is CCC(O)c1cc(F)cc(O[Si](C)(C)C(C)(C)C)c1F. The van der Waals surface area contributed by atoms with Crippen LogP contribution in [0.25, 0.3) is 0 Å². The highest BCUT2D eigenvalue weighted by atomic mass is 28.4. The van der Waals surface area contributed by atoms with Gasteiger partial charge in [0, 0.05) is 11.6 Å². The maximum absolute atomic E-state index is 14.4. The zero-order chi connectivity index (χ0) is 15.7. The fraction of sp³-hybridized carbons (Fsp3) is 0.600. The molecule has 0 bridgehead atoms. The number of hydrogen-bond donors (Lipinski definition) is 1. The summed E-state index contributed by atoms with van der Waals surface area (Å²) in [5, 5.41) is 9.65. The zero-order valence-corrected chi connectivity index (χ0v) is 14.1. The first-order chi connectivity index (χ1) is 8.99. The summed E-state index contributed by atoms with van der Waals surface area (Å²) in [6.07, 6.45) is -0.702. The van der Waals surface area contributed by atoms with Gasteiger partial charge >= 0.3 is 0 Å². The topological polar surface area (TPSA) is 29.5 Å². The fourth-order valence-electron chi connectivity index (χ4n) is 1.55. The second-order valence-corrected chi connectivity index (χ2v) is 11.3. The van der Waals surface area contributed by atoms with Crippen LogP contribution in [0.15, 0.2) is 12.1 Å². The van der Waals surface area contributed by atoms with Crippen LogP contribution in [0.5, 0.6) is 5.75 Å². The minimum absolute atomic E-state index is 0.0405. The van der Waals surface area contributed by atoms with Gasteiger partial charge in [-0.2, -0.15) is 0 Å². The second-order valence-electron chi connectivity index (χ2n) is 6.59. The molecule has 20 heavy (non-hydrogen) atoms. The smallest absolute Gasteiger partial charge is 0.250 e. The highest BCUT2D eigenvalue weighted by Crippen LogP contribution is 2.39. The average Bonchev–Trinajstić information content (AvgIpc) is 2.30. The van der Waals surface area contributed by atoms with Gasteiger partial charge in [0.1, 0.15) is 11.6 Å². The first-order valence-corrected chi connectivity index (χ1v) is 9.76. The Balaban J connectivity index is 3.23. The summed E-state index contributed by atoms with van der Waals surface area (Å²) in [5.74, 6) is -1.35. The largest absolute Gasteiger partial charge is 0.541 e. The maximum atomic E-state index is 14.4. The van der Waals surface area contributed by atoms with E-state index in [-0.39, 0.29) is 16.4 Å². The van der Waals surface area contributed by atoms with E-state index in [2.05, 4.69) is 0 Å². The van der Waals surface area contributed by atoms with Crippen LogP contribution in [0, 0.1) is 11.6 Å². The van der Waals surface area contributed by atoms with E-state index in [0.717, 1.165) is 12.1 Å². The minimum atomic E-state index is -2.26. The van der Waals surface area contributed by atoms with Crippen molar-refractivity contribution in [3.63, 3.8) is 0 Å². The molecule has 2 nitrogen and oxygen atoms in total. The average molecular weight is 302 g/mol. The van der Waals surface area contributed by atoms with Crippen molar-refractivity contribution < 1.29 is 18.3 Å². The lowest BCUT2D eigenvalue weighted by molar-refractivity contribution is 0.167. The van der Waals surface area contributed by atoms with Crippen LogP contribution < -0.4 is 4.43 Å². The van der Waals surface area contributed by atoms with E-state index < -0.39 is 26.1 Å². The van der Waals surface area contributed by atoms with Crippen molar-refractivity contribution in [1.29, 1.82) is 0 Å². The summed E-state index contributed by atoms with van der Waals surface area (Å²) in [4.78, 5) is 0. The van der Waals surface area contributed by atoms with Crippen molar-refractivity contribution in [2.75, 3.05) is 0 Å². The quantitative estimate of drug-likeness (QED) is 0.810. The Morgan fingerprint density at radius 1 is 1.25 bits per heavy atom. The van der Waals surface area contributed by atoms with E-state index in [0.29, 0.717) is 6.42 Å². The lowest BCUT2D eigenvalue weighted by Crippen LogP contribution is -2.44. The Labute approximate surface area is 120 Å². The molecule has 1 rings (SSSR count). The number of rotatable bonds is 4. The summed E-state index contributed by atoms with van der Waals surface area (Å²) in [5.41, 5.74) is -0.0405. The van der Waals surface area contributed by atoms with Gasteiger partial charge in [0.15, 0.2) is 5.82 Å². The number of aliphatic hydroxyl groups is 1. The molecule has 0 fully saturated rings. The van der Waals surface area contributed by atoms with Crippen LogP contribution in [0.2, 0.25) is 18.1 Å². The van der Waals surface area contributed by atoms with Crippen LogP contribution >= 0.6 is 0 Å². The molecule has 0 aromatic heterocycles. The van der Waals surface area contributed by atoms with Gasteiger partial charge in [-0.25, -0.2) is 8.78 Å². The normalized spacial score (nSPS) is 14.2. The minimum Gasteiger partial charge on any atom is -0.541 e. The molecule has 0 radical (unpaired) electrons. The third kappa shape index (κ3) is 3.58. The molecule has 1 atom stereocenters. The van der Waals surface area contributed by atoms with Crippen molar-refractivity contribution >= 4 is 8.32 Å². The predicted molar refractivity (Wildman–Crippen MR) is 79.4 cm³/mol. The van der Waals surface area contributed by atoms with Crippen molar-refractivity contribution in [1.82, 2.24) is 0 Å². The third-order valence-corrected chi connectivity index (χ3v) is 8.29. The zero-order valence-electron chi connectivity index (χ0n) is 13.1. The van der Waals surface area contributed by atoms with Crippen LogP contribution in [0.3, 0.4) is 0 Å². The molecular formula is C15H24F2O2Si. The molecule has 0 aliphatic rings. The summed E-state index contributed by atoms with van der Waals surface area (Å²) in [7, 11) is -2.26. The van der Waals surface area contributed by atoms with Gasteiger partial charge in [-0.3, -0.25) is 0 Å². The standard InChI is InChI=1S/C15H24F2O2Si/c1-7-12(18)11-8-10(16)9-13(14(11)17)19-20(5,6)15(2,3)4/h8-9,12,18H,7H2,1-6H3. The number of halogens is 2. The van der Waals surface area contributed by atoms with E-state index in [1.165, 1.54) is 0 Å². The van der Waals surface area contributed by atoms with Gasteiger partial charge in [0.2, 0.25) is 0 Å². The van der Waals surface area contributed by atoms with Crippen molar-refractivity contribution in [2.24, 2.45) is 0 Å². The van der Waals surface area contributed by atoms with E-state index in [4.69, 9.17) is 4.43 Å². The molecular weight excluding hydrogens is 278 g/mol. The van der Waals surface area contributed by atoms with Gasteiger partial charge in [-0.15, -0.1) is 0 Å². The Hall–Kier alpha value is -0.943. The Kier molecular flexibility index (Phi) is 4.97. The van der Waals surface area contributed by atoms with Crippen LogP contribution in [-0.4, -0.2) is 13.4 Å². The predicted octanol–water partition coefficient (Wildman–Crippen LogP) is 4.79. The van der Waals surface area contributed by atoms with Gasteiger partial charge in [-0.1, -0.05) is 27.7 Å². The van der Waals surface area contributed by atoms with Gasteiger partial charge in [0.25, 0.3) is 8.32 Å². The van der Waals surface area contributed by atoms with E-state index >= 15 is 0 Å². The molecule has 0 saturated heterocycles. The monoisotopic (exact) mass is 302 g/mol. The Morgan fingerprint density at radius 2 is 1.80 bits per heavy atom. The van der Waals surface area contributed by atoms with E-state index in [1.807, 2.05) is 33.9 Å². The second kappa shape index (κ2) is 5.82. The lowest BCUT2D eigenvalue weighted by atomic mass is 10.1. The molecule has 1 aromatic rings. The first kappa shape index (κ1) is 17.1. The van der Waals surface area contributed by atoms with Crippen LogP contribution in [-0.2, 0) is 0 Å². The molecule has 0 spiro atoms. The summed E-state index contributed by atoms with van der Waals surface area (Å²) >= 11 is 0. The first-order valence-electron chi connectivity index (χ1n) is 6.85. The summed E-state index contributed by atoms with van der Waals surface area (Å²) in [6.45, 7) is 11.7. The Bertz CT molecular complexity index is 481. The number of hydrogen-bond acceptors (Lipinski definition) is 2. The lowest BCUT2D eigenvalue weighted by Gasteiger charge is -2.36. The molecule has 0 heterocycles. The molecule has 5 heteroatoms. The summed E-state index contributed by atoms with van der Waals surface area (Å²) in [6, 6.07) is 2.09. The number of benzene rings is 1. The molecule has 1 aromatic carbocycles. The van der Waals surface area contributed by atoms with Crippen LogP contribution in [0.1, 0.15) is 45.8 Å². The molecule has 1 unspecified atom stereocenters. The van der Waals surface area contributed by atoms with E-state index in [9.17, 15) is 13.9 Å². The molecule has 114 valence electrons. The van der Waals surface area contributed by atoms with Crippen molar-refractivity contribution in [2.45, 2.75) is 58.4 Å². The maximum Gasteiger partial charge on any atom is 0.250 e. The van der Waals surface area contributed by atoms with Gasteiger partial charge < -0.3 is 9.53 Å². The highest BCUT2D eigenvalue weighted by Gasteiger charge is 2.39. The Morgan fingerprint density at radius 3 is 2.25 bits per heavy atom.